The Morgan fingerprint density at radius 1 is 1.13 bits per heavy atom. The maximum Gasteiger partial charge on any atom is 0.223 e. The molecule has 0 atom stereocenters. The number of benzene rings is 1. The van der Waals surface area contributed by atoms with Crippen molar-refractivity contribution in [3.05, 3.63) is 59.2 Å². The highest BCUT2D eigenvalue weighted by molar-refractivity contribution is 5.92. The molecule has 7 nitrogen and oxygen atoms in total. The van der Waals surface area contributed by atoms with Crippen LogP contribution < -0.4 is 5.73 Å². The lowest BCUT2D eigenvalue weighted by Gasteiger charge is -2.33. The van der Waals surface area contributed by atoms with E-state index in [1.54, 1.807) is 20.0 Å². The van der Waals surface area contributed by atoms with Crippen LogP contribution in [-0.4, -0.2) is 29.7 Å². The summed E-state index contributed by atoms with van der Waals surface area (Å²) in [5.74, 6) is -0.556. The van der Waals surface area contributed by atoms with E-state index < -0.39 is 17.2 Å². The predicted molar refractivity (Wildman–Crippen MR) is 107 cm³/mol. The van der Waals surface area contributed by atoms with E-state index in [0.717, 1.165) is 30.2 Å². The number of halogens is 2. The van der Waals surface area contributed by atoms with E-state index in [2.05, 4.69) is 20.1 Å². The number of pyridine rings is 1. The van der Waals surface area contributed by atoms with Crippen molar-refractivity contribution < 1.29 is 13.9 Å². The van der Waals surface area contributed by atoms with E-state index in [-0.39, 0.29) is 28.7 Å². The number of hydrogen-bond acceptors (Lipinski definition) is 6. The molecule has 4 aromatic rings. The van der Waals surface area contributed by atoms with Crippen LogP contribution in [0, 0.1) is 11.6 Å². The van der Waals surface area contributed by atoms with Gasteiger partial charge in [-0.05, 0) is 38.8 Å². The number of fused-ring (bicyclic) bond motifs is 3. The standard InChI is InChI=1S/C21H20F2N6O/c1-21(2,30)12-3-4-16(25-9-12)10-5-11(6-10)18-27-19-14-7-13(22)8-15(23)17(14)26-20(24)29(19)28-18/h3-4,7-11,30H,5-6H2,1-2H3,(H2,24,26)/t10-,11+. The van der Waals surface area contributed by atoms with Gasteiger partial charge in [0.2, 0.25) is 5.95 Å². The average Bonchev–Trinajstić information content (AvgIpc) is 3.07. The Hall–Kier alpha value is -3.20. The van der Waals surface area contributed by atoms with Gasteiger partial charge in [-0.25, -0.2) is 18.7 Å². The zero-order valence-corrected chi connectivity index (χ0v) is 16.5. The van der Waals surface area contributed by atoms with Gasteiger partial charge in [0.25, 0.3) is 0 Å². The van der Waals surface area contributed by atoms with E-state index in [1.165, 1.54) is 10.6 Å². The molecule has 0 radical (unpaired) electrons. The van der Waals surface area contributed by atoms with Crippen LogP contribution in [-0.2, 0) is 5.60 Å². The van der Waals surface area contributed by atoms with Gasteiger partial charge >= 0.3 is 0 Å². The largest absolute Gasteiger partial charge is 0.386 e. The molecule has 0 unspecified atom stereocenters. The topological polar surface area (TPSA) is 102 Å². The van der Waals surface area contributed by atoms with Crippen molar-refractivity contribution in [3.63, 3.8) is 0 Å². The Balaban J connectivity index is 1.43. The zero-order valence-electron chi connectivity index (χ0n) is 16.5. The second kappa shape index (κ2) is 6.40. The average molecular weight is 410 g/mol. The third kappa shape index (κ3) is 2.97. The third-order valence-electron chi connectivity index (χ3n) is 5.75. The summed E-state index contributed by atoms with van der Waals surface area (Å²) in [6.07, 6.45) is 3.31. The second-order valence-electron chi connectivity index (χ2n) is 8.36. The molecule has 1 fully saturated rings. The van der Waals surface area contributed by atoms with Gasteiger partial charge < -0.3 is 10.8 Å². The van der Waals surface area contributed by atoms with Gasteiger partial charge in [0.1, 0.15) is 11.3 Å². The summed E-state index contributed by atoms with van der Waals surface area (Å²) < 4.78 is 29.2. The van der Waals surface area contributed by atoms with Crippen LogP contribution in [0.25, 0.3) is 16.6 Å². The Kier molecular flexibility index (Phi) is 4.01. The number of aliphatic hydroxyl groups is 1. The molecule has 0 bridgehead atoms. The van der Waals surface area contributed by atoms with E-state index in [1.807, 2.05) is 12.1 Å². The Morgan fingerprint density at radius 3 is 2.57 bits per heavy atom. The lowest BCUT2D eigenvalue weighted by Crippen LogP contribution is -2.23. The second-order valence-corrected chi connectivity index (χ2v) is 8.36. The lowest BCUT2D eigenvalue weighted by atomic mass is 9.72. The van der Waals surface area contributed by atoms with Crippen LogP contribution in [0.1, 0.15) is 55.6 Å². The molecule has 1 aliphatic rings. The normalized spacial score (nSPS) is 19.4. The van der Waals surface area contributed by atoms with Crippen LogP contribution in [0.4, 0.5) is 14.7 Å². The SMILES string of the molecule is CC(C)(O)c1ccc([C@H]2C[C@@H](c3nc4c5cc(F)cc(F)c5nc(N)n4n3)C2)nc1. The minimum Gasteiger partial charge on any atom is -0.386 e. The van der Waals surface area contributed by atoms with Crippen molar-refractivity contribution in [2.24, 2.45) is 0 Å². The molecular formula is C21H20F2N6O. The summed E-state index contributed by atoms with van der Waals surface area (Å²) in [4.78, 5) is 13.0. The summed E-state index contributed by atoms with van der Waals surface area (Å²) in [7, 11) is 0. The fraction of sp³-hybridized carbons (Fsp3) is 0.333. The molecule has 3 heterocycles. The molecule has 0 aliphatic heterocycles. The quantitative estimate of drug-likeness (QED) is 0.537. The van der Waals surface area contributed by atoms with Gasteiger partial charge in [-0.1, -0.05) is 6.07 Å². The Morgan fingerprint density at radius 2 is 1.90 bits per heavy atom. The number of hydrogen-bond donors (Lipinski definition) is 2. The summed E-state index contributed by atoms with van der Waals surface area (Å²) in [6, 6.07) is 5.79. The first-order chi connectivity index (χ1) is 14.2. The molecule has 3 N–H and O–H groups in total. The summed E-state index contributed by atoms with van der Waals surface area (Å²) >= 11 is 0. The minimum absolute atomic E-state index is 0.00139. The Labute approximate surface area is 170 Å². The fourth-order valence-electron chi connectivity index (χ4n) is 3.93. The highest BCUT2D eigenvalue weighted by atomic mass is 19.1. The van der Waals surface area contributed by atoms with E-state index in [0.29, 0.717) is 11.5 Å². The smallest absolute Gasteiger partial charge is 0.223 e. The number of anilines is 1. The van der Waals surface area contributed by atoms with Crippen molar-refractivity contribution in [3.8, 4) is 0 Å². The van der Waals surface area contributed by atoms with Gasteiger partial charge in [0, 0.05) is 35.4 Å². The van der Waals surface area contributed by atoms with Crippen molar-refractivity contribution in [2.75, 3.05) is 5.73 Å². The van der Waals surface area contributed by atoms with Crippen molar-refractivity contribution in [1.82, 2.24) is 24.6 Å². The van der Waals surface area contributed by atoms with Crippen molar-refractivity contribution in [1.29, 1.82) is 0 Å². The van der Waals surface area contributed by atoms with Crippen LogP contribution in [0.5, 0.6) is 0 Å². The molecule has 0 amide bonds. The van der Waals surface area contributed by atoms with E-state index >= 15 is 0 Å². The molecule has 1 aromatic carbocycles. The van der Waals surface area contributed by atoms with Gasteiger partial charge in [-0.15, -0.1) is 5.10 Å². The molecule has 5 rings (SSSR count). The van der Waals surface area contributed by atoms with Crippen molar-refractivity contribution >= 4 is 22.5 Å². The Bertz CT molecular complexity index is 1270. The molecule has 3 aromatic heterocycles. The first-order valence-corrected chi connectivity index (χ1v) is 9.70. The van der Waals surface area contributed by atoms with Gasteiger partial charge in [-0.3, -0.25) is 4.98 Å². The molecule has 154 valence electrons. The predicted octanol–water partition coefficient (Wildman–Crippen LogP) is 3.42. The molecule has 9 heteroatoms. The molecule has 1 aliphatic carbocycles. The number of nitrogen functional groups attached to an aromatic ring is 1. The number of rotatable bonds is 3. The third-order valence-corrected chi connectivity index (χ3v) is 5.75. The molecule has 1 saturated carbocycles. The van der Waals surface area contributed by atoms with Gasteiger partial charge in [-0.2, -0.15) is 4.52 Å². The summed E-state index contributed by atoms with van der Waals surface area (Å²) in [5.41, 5.74) is 6.99. The van der Waals surface area contributed by atoms with Crippen molar-refractivity contribution in [2.45, 2.75) is 44.1 Å². The van der Waals surface area contributed by atoms with E-state index in [9.17, 15) is 13.9 Å². The molecule has 30 heavy (non-hydrogen) atoms. The minimum atomic E-state index is -0.927. The highest BCUT2D eigenvalue weighted by Gasteiger charge is 2.35. The van der Waals surface area contributed by atoms with Gasteiger partial charge in [0.15, 0.2) is 17.3 Å². The van der Waals surface area contributed by atoms with Crippen LogP contribution in [0.2, 0.25) is 0 Å². The fourth-order valence-corrected chi connectivity index (χ4v) is 3.93. The lowest BCUT2D eigenvalue weighted by molar-refractivity contribution is 0.0781. The number of aromatic nitrogens is 5. The number of nitrogens with zero attached hydrogens (tertiary/aromatic N) is 5. The zero-order chi connectivity index (χ0) is 21.2. The summed E-state index contributed by atoms with van der Waals surface area (Å²) in [5, 5.41) is 14.7. The molecular weight excluding hydrogens is 390 g/mol. The van der Waals surface area contributed by atoms with E-state index in [4.69, 9.17) is 5.73 Å². The van der Waals surface area contributed by atoms with Crippen LogP contribution in [0.3, 0.4) is 0 Å². The maximum absolute atomic E-state index is 14.1. The highest BCUT2D eigenvalue weighted by Crippen LogP contribution is 2.46. The number of nitrogens with two attached hydrogens (primary N) is 1. The first kappa shape index (κ1) is 18.8. The first-order valence-electron chi connectivity index (χ1n) is 9.70. The molecule has 0 saturated heterocycles. The summed E-state index contributed by atoms with van der Waals surface area (Å²) in [6.45, 7) is 3.44. The van der Waals surface area contributed by atoms with Crippen LogP contribution in [0.15, 0.2) is 30.5 Å². The van der Waals surface area contributed by atoms with Crippen LogP contribution >= 0.6 is 0 Å². The molecule has 0 spiro atoms. The van der Waals surface area contributed by atoms with Gasteiger partial charge in [0.05, 0.1) is 11.0 Å². The monoisotopic (exact) mass is 410 g/mol. The maximum atomic E-state index is 14.1.